The third-order valence-electron chi connectivity index (χ3n) is 3.48. The topological polar surface area (TPSA) is 53.6 Å². The quantitative estimate of drug-likeness (QED) is 0.700. The minimum absolute atomic E-state index is 0.0678. The normalized spacial score (nSPS) is 25.0. The number of hydrogen-bond donors (Lipinski definition) is 2. The van der Waals surface area contributed by atoms with Gasteiger partial charge in [0.15, 0.2) is 0 Å². The predicted octanol–water partition coefficient (Wildman–Crippen LogP) is 0.313. The Morgan fingerprint density at radius 2 is 2.05 bits per heavy atom. The molecule has 1 rings (SSSR count). The van der Waals surface area contributed by atoms with Gasteiger partial charge in [-0.15, -0.1) is 0 Å². The molecule has 0 saturated carbocycles. The standard InChI is InChI=1S/C14H29N3O2/c1-10(2)6-11(7-17(4)5)16-14(18)12-8-19-9-13(12)15-3/h10-13,15H,6-9H2,1-5H3,(H,16,18). The number of carbonyl (C=O) groups excluding carboxylic acids is 1. The summed E-state index contributed by atoms with van der Waals surface area (Å²) in [5.74, 6) is 0.622. The van der Waals surface area contributed by atoms with E-state index in [1.165, 1.54) is 0 Å². The first-order valence-electron chi connectivity index (χ1n) is 7.14. The molecule has 0 aromatic carbocycles. The second-order valence-electron chi connectivity index (χ2n) is 6.14. The molecule has 19 heavy (non-hydrogen) atoms. The summed E-state index contributed by atoms with van der Waals surface area (Å²) < 4.78 is 5.39. The molecule has 3 unspecified atom stereocenters. The molecule has 112 valence electrons. The van der Waals surface area contributed by atoms with Crippen LogP contribution in [0.2, 0.25) is 0 Å². The van der Waals surface area contributed by atoms with Crippen LogP contribution in [-0.2, 0) is 9.53 Å². The molecule has 3 atom stereocenters. The Morgan fingerprint density at radius 1 is 1.37 bits per heavy atom. The number of amides is 1. The van der Waals surface area contributed by atoms with Gasteiger partial charge >= 0.3 is 0 Å². The lowest BCUT2D eigenvalue weighted by atomic mass is 9.99. The molecule has 5 heteroatoms. The van der Waals surface area contributed by atoms with Crippen LogP contribution in [0.4, 0.5) is 0 Å². The van der Waals surface area contributed by atoms with Gasteiger partial charge in [0.05, 0.1) is 19.1 Å². The van der Waals surface area contributed by atoms with E-state index in [9.17, 15) is 4.79 Å². The Bertz CT molecular complexity index is 272. The van der Waals surface area contributed by atoms with Crippen molar-refractivity contribution in [2.24, 2.45) is 11.8 Å². The van der Waals surface area contributed by atoms with Crippen LogP contribution in [0.3, 0.4) is 0 Å². The maximum atomic E-state index is 12.3. The van der Waals surface area contributed by atoms with E-state index in [0.717, 1.165) is 13.0 Å². The zero-order valence-electron chi connectivity index (χ0n) is 12.9. The summed E-state index contributed by atoms with van der Waals surface area (Å²) in [6.07, 6.45) is 1.00. The monoisotopic (exact) mass is 271 g/mol. The van der Waals surface area contributed by atoms with Crippen molar-refractivity contribution < 1.29 is 9.53 Å². The highest BCUT2D eigenvalue weighted by atomic mass is 16.5. The Morgan fingerprint density at radius 3 is 2.58 bits per heavy atom. The average molecular weight is 271 g/mol. The molecule has 0 aromatic heterocycles. The van der Waals surface area contributed by atoms with Gasteiger partial charge in [0.1, 0.15) is 0 Å². The molecule has 0 spiro atoms. The van der Waals surface area contributed by atoms with Gasteiger partial charge in [0, 0.05) is 18.6 Å². The molecule has 0 bridgehead atoms. The summed E-state index contributed by atoms with van der Waals surface area (Å²) in [6, 6.07) is 0.347. The first-order chi connectivity index (χ1) is 8.93. The van der Waals surface area contributed by atoms with Crippen molar-refractivity contribution in [1.29, 1.82) is 0 Å². The molecule has 1 heterocycles. The molecule has 1 aliphatic rings. The first kappa shape index (κ1) is 16.4. The number of likely N-dealkylation sites (N-methyl/N-ethyl adjacent to an activating group) is 2. The summed E-state index contributed by atoms with van der Waals surface area (Å²) in [4.78, 5) is 14.5. The molecular formula is C14H29N3O2. The van der Waals surface area contributed by atoms with Crippen molar-refractivity contribution in [3.05, 3.63) is 0 Å². The smallest absolute Gasteiger partial charge is 0.227 e. The molecule has 1 saturated heterocycles. The molecule has 0 aliphatic carbocycles. The SMILES string of the molecule is CNC1COCC1C(=O)NC(CC(C)C)CN(C)C. The highest BCUT2D eigenvalue weighted by Gasteiger charge is 2.33. The molecular weight excluding hydrogens is 242 g/mol. The number of hydrogen-bond acceptors (Lipinski definition) is 4. The highest BCUT2D eigenvalue weighted by molar-refractivity contribution is 5.80. The van der Waals surface area contributed by atoms with E-state index in [4.69, 9.17) is 4.74 Å². The van der Waals surface area contributed by atoms with Gasteiger partial charge in [-0.2, -0.15) is 0 Å². The molecule has 2 N–H and O–H groups in total. The Balaban J connectivity index is 2.54. The van der Waals surface area contributed by atoms with Gasteiger partial charge in [0.25, 0.3) is 0 Å². The third kappa shape index (κ3) is 5.47. The summed E-state index contributed by atoms with van der Waals surface area (Å²) in [6.45, 7) is 6.39. The molecule has 1 fully saturated rings. The van der Waals surface area contributed by atoms with Gasteiger partial charge in [0.2, 0.25) is 5.91 Å². The third-order valence-corrected chi connectivity index (χ3v) is 3.48. The zero-order valence-corrected chi connectivity index (χ0v) is 12.9. The molecule has 0 radical (unpaired) electrons. The van der Waals surface area contributed by atoms with E-state index in [0.29, 0.717) is 19.1 Å². The number of rotatable bonds is 7. The lowest BCUT2D eigenvalue weighted by Gasteiger charge is -2.26. The predicted molar refractivity (Wildman–Crippen MR) is 77.1 cm³/mol. The fraction of sp³-hybridized carbons (Fsp3) is 0.929. The van der Waals surface area contributed by atoms with Crippen LogP contribution in [0.5, 0.6) is 0 Å². The maximum absolute atomic E-state index is 12.3. The lowest BCUT2D eigenvalue weighted by molar-refractivity contribution is -0.126. The van der Waals surface area contributed by atoms with E-state index < -0.39 is 0 Å². The first-order valence-corrected chi connectivity index (χ1v) is 7.14. The van der Waals surface area contributed by atoms with Crippen molar-refractivity contribution in [2.45, 2.75) is 32.4 Å². The van der Waals surface area contributed by atoms with Crippen molar-refractivity contribution >= 4 is 5.91 Å². The Labute approximate surface area is 117 Å². The van der Waals surface area contributed by atoms with Crippen LogP contribution in [0, 0.1) is 11.8 Å². The van der Waals surface area contributed by atoms with Gasteiger partial charge in [-0.25, -0.2) is 0 Å². The molecule has 5 nitrogen and oxygen atoms in total. The van der Waals surface area contributed by atoms with Crippen LogP contribution in [-0.4, -0.2) is 63.8 Å². The van der Waals surface area contributed by atoms with E-state index >= 15 is 0 Å². The van der Waals surface area contributed by atoms with Crippen LogP contribution < -0.4 is 10.6 Å². The van der Waals surface area contributed by atoms with Crippen molar-refractivity contribution in [3.63, 3.8) is 0 Å². The Kier molecular flexibility index (Phi) is 6.75. The fourth-order valence-corrected chi connectivity index (χ4v) is 2.59. The Hall–Kier alpha value is -0.650. The number of nitrogens with one attached hydrogen (secondary N) is 2. The van der Waals surface area contributed by atoms with E-state index in [2.05, 4.69) is 29.4 Å². The minimum atomic E-state index is -0.0678. The van der Waals surface area contributed by atoms with Gasteiger partial charge < -0.3 is 20.3 Å². The lowest BCUT2D eigenvalue weighted by Crippen LogP contribution is -2.49. The molecule has 0 aromatic rings. The minimum Gasteiger partial charge on any atom is -0.379 e. The van der Waals surface area contributed by atoms with Gasteiger partial charge in [-0.3, -0.25) is 4.79 Å². The van der Waals surface area contributed by atoms with E-state index in [1.807, 2.05) is 21.1 Å². The summed E-state index contributed by atoms with van der Waals surface area (Å²) >= 11 is 0. The van der Waals surface area contributed by atoms with Gasteiger partial charge in [-0.1, -0.05) is 13.8 Å². The van der Waals surface area contributed by atoms with Crippen LogP contribution >= 0.6 is 0 Å². The average Bonchev–Trinajstić information content (AvgIpc) is 2.74. The largest absolute Gasteiger partial charge is 0.379 e. The number of nitrogens with zero attached hydrogens (tertiary/aromatic N) is 1. The molecule has 1 aliphatic heterocycles. The zero-order chi connectivity index (χ0) is 14.4. The van der Waals surface area contributed by atoms with Crippen molar-refractivity contribution in [3.8, 4) is 0 Å². The summed E-state index contributed by atoms with van der Waals surface area (Å²) in [7, 11) is 5.95. The summed E-state index contributed by atoms with van der Waals surface area (Å²) in [5, 5.41) is 6.34. The van der Waals surface area contributed by atoms with Crippen LogP contribution in [0.15, 0.2) is 0 Å². The highest BCUT2D eigenvalue weighted by Crippen LogP contribution is 2.15. The maximum Gasteiger partial charge on any atom is 0.227 e. The van der Waals surface area contributed by atoms with Crippen molar-refractivity contribution in [2.75, 3.05) is 40.9 Å². The van der Waals surface area contributed by atoms with Crippen molar-refractivity contribution in [1.82, 2.24) is 15.5 Å². The number of ether oxygens (including phenoxy) is 1. The van der Waals surface area contributed by atoms with Crippen LogP contribution in [0.1, 0.15) is 20.3 Å². The molecule has 1 amide bonds. The van der Waals surface area contributed by atoms with E-state index in [1.54, 1.807) is 0 Å². The van der Waals surface area contributed by atoms with E-state index in [-0.39, 0.29) is 23.9 Å². The van der Waals surface area contributed by atoms with Gasteiger partial charge in [-0.05, 0) is 33.5 Å². The second-order valence-corrected chi connectivity index (χ2v) is 6.14. The second kappa shape index (κ2) is 7.82. The summed E-state index contributed by atoms with van der Waals surface area (Å²) in [5.41, 5.74) is 0. The fourth-order valence-electron chi connectivity index (χ4n) is 2.59. The number of carbonyl (C=O) groups is 1. The van der Waals surface area contributed by atoms with Crippen LogP contribution in [0.25, 0.3) is 0 Å².